The number of hydrogen-bond acceptors (Lipinski definition) is 3. The van der Waals surface area contributed by atoms with Crippen LogP contribution in [0.4, 0.5) is 5.69 Å². The molecule has 100 valence electrons. The summed E-state index contributed by atoms with van der Waals surface area (Å²) in [6, 6.07) is 6.44. The zero-order valence-electron chi connectivity index (χ0n) is 10.9. The Hall–Kier alpha value is -0.740. The maximum Gasteiger partial charge on any atom is 0.122 e. The highest BCUT2D eigenvalue weighted by atomic mass is 79.9. The van der Waals surface area contributed by atoms with Gasteiger partial charge in [0.05, 0.1) is 19.3 Å². The van der Waals surface area contributed by atoms with Gasteiger partial charge in [-0.25, -0.2) is 0 Å². The lowest BCUT2D eigenvalue weighted by Gasteiger charge is -2.32. The Bertz CT molecular complexity index is 397. The molecule has 2 atom stereocenters. The van der Waals surface area contributed by atoms with Crippen LogP contribution in [-0.2, 0) is 4.74 Å². The smallest absolute Gasteiger partial charge is 0.122 e. The first-order valence-corrected chi connectivity index (χ1v) is 7.16. The number of benzene rings is 1. The fourth-order valence-corrected chi connectivity index (χ4v) is 2.99. The molecule has 0 heterocycles. The van der Waals surface area contributed by atoms with Crippen molar-refractivity contribution in [2.24, 2.45) is 0 Å². The average molecular weight is 314 g/mol. The molecule has 1 aliphatic rings. The molecule has 18 heavy (non-hydrogen) atoms. The largest absolute Gasteiger partial charge is 0.497 e. The van der Waals surface area contributed by atoms with Crippen LogP contribution in [0.15, 0.2) is 22.7 Å². The summed E-state index contributed by atoms with van der Waals surface area (Å²) in [7, 11) is 3.48. The molecular weight excluding hydrogens is 294 g/mol. The Morgan fingerprint density at radius 3 is 2.67 bits per heavy atom. The number of nitrogens with one attached hydrogen (secondary N) is 1. The standard InChI is InChI=1S/C14H20BrNO2/c1-17-12-8-10(15)7-11(9-12)16-13-5-3-4-6-14(13)18-2/h7-9,13-14,16H,3-6H2,1-2H3. The van der Waals surface area contributed by atoms with Gasteiger partial charge in [0.2, 0.25) is 0 Å². The maximum absolute atomic E-state index is 5.56. The fourth-order valence-electron chi connectivity index (χ4n) is 2.52. The molecule has 1 N–H and O–H groups in total. The first-order valence-electron chi connectivity index (χ1n) is 6.37. The Morgan fingerprint density at radius 1 is 1.17 bits per heavy atom. The molecule has 2 unspecified atom stereocenters. The summed E-state index contributed by atoms with van der Waals surface area (Å²) in [6.45, 7) is 0. The van der Waals surface area contributed by atoms with Gasteiger partial charge in [0.1, 0.15) is 5.75 Å². The van der Waals surface area contributed by atoms with Gasteiger partial charge in [-0.05, 0) is 25.0 Å². The lowest BCUT2D eigenvalue weighted by atomic mass is 9.92. The minimum atomic E-state index is 0.309. The number of ether oxygens (including phenoxy) is 2. The lowest BCUT2D eigenvalue weighted by molar-refractivity contribution is 0.0606. The van der Waals surface area contributed by atoms with E-state index in [2.05, 4.69) is 27.3 Å². The van der Waals surface area contributed by atoms with Gasteiger partial charge >= 0.3 is 0 Å². The van der Waals surface area contributed by atoms with Crippen LogP contribution < -0.4 is 10.1 Å². The topological polar surface area (TPSA) is 30.5 Å². The molecule has 0 saturated heterocycles. The van der Waals surface area contributed by atoms with E-state index in [0.29, 0.717) is 12.1 Å². The summed E-state index contributed by atoms with van der Waals surface area (Å²) >= 11 is 3.50. The lowest BCUT2D eigenvalue weighted by Crippen LogP contribution is -2.37. The predicted molar refractivity (Wildman–Crippen MR) is 77.4 cm³/mol. The molecule has 1 aliphatic carbocycles. The first-order chi connectivity index (χ1) is 8.72. The van der Waals surface area contributed by atoms with Crippen LogP contribution in [-0.4, -0.2) is 26.4 Å². The third-order valence-corrected chi connectivity index (χ3v) is 3.92. The Morgan fingerprint density at radius 2 is 1.94 bits per heavy atom. The SMILES string of the molecule is COc1cc(Br)cc(NC2CCCCC2OC)c1. The molecule has 0 radical (unpaired) electrons. The average Bonchev–Trinajstić information content (AvgIpc) is 2.38. The third kappa shape index (κ3) is 3.39. The molecule has 2 rings (SSSR count). The molecule has 0 aromatic heterocycles. The third-order valence-electron chi connectivity index (χ3n) is 3.46. The number of methoxy groups -OCH3 is 2. The number of rotatable bonds is 4. The van der Waals surface area contributed by atoms with Gasteiger partial charge in [-0.15, -0.1) is 0 Å². The second-order valence-electron chi connectivity index (χ2n) is 4.69. The van der Waals surface area contributed by atoms with Crippen molar-refractivity contribution in [3.8, 4) is 5.75 Å². The van der Waals surface area contributed by atoms with Crippen LogP contribution in [0.1, 0.15) is 25.7 Å². The van der Waals surface area contributed by atoms with Crippen LogP contribution in [0, 0.1) is 0 Å². The summed E-state index contributed by atoms with van der Waals surface area (Å²) in [4.78, 5) is 0. The molecule has 1 aromatic rings. The van der Waals surface area contributed by atoms with Crippen molar-refractivity contribution in [3.63, 3.8) is 0 Å². The molecule has 0 spiro atoms. The second-order valence-corrected chi connectivity index (χ2v) is 5.60. The molecular formula is C14H20BrNO2. The minimum absolute atomic E-state index is 0.309. The van der Waals surface area contributed by atoms with Gasteiger partial charge in [0, 0.05) is 23.3 Å². The number of hydrogen-bond donors (Lipinski definition) is 1. The van der Waals surface area contributed by atoms with Crippen LogP contribution in [0.2, 0.25) is 0 Å². The zero-order valence-corrected chi connectivity index (χ0v) is 12.5. The first kappa shape index (κ1) is 13.7. The van der Waals surface area contributed by atoms with E-state index < -0.39 is 0 Å². The van der Waals surface area contributed by atoms with Crippen molar-refractivity contribution in [1.82, 2.24) is 0 Å². The van der Waals surface area contributed by atoms with Gasteiger partial charge in [-0.3, -0.25) is 0 Å². The van der Waals surface area contributed by atoms with Crippen LogP contribution in [0.25, 0.3) is 0 Å². The van der Waals surface area contributed by atoms with E-state index in [1.54, 1.807) is 14.2 Å². The molecule has 0 amide bonds. The Kier molecular flexibility index (Phi) is 4.89. The summed E-state index contributed by atoms with van der Waals surface area (Å²) < 4.78 is 11.9. The molecule has 1 saturated carbocycles. The summed E-state index contributed by atoms with van der Waals surface area (Å²) in [6.07, 6.45) is 5.14. The summed E-state index contributed by atoms with van der Waals surface area (Å²) in [5.41, 5.74) is 1.08. The minimum Gasteiger partial charge on any atom is -0.497 e. The van der Waals surface area contributed by atoms with Gasteiger partial charge in [0.15, 0.2) is 0 Å². The number of halogens is 1. The van der Waals surface area contributed by atoms with E-state index in [1.165, 1.54) is 12.8 Å². The van der Waals surface area contributed by atoms with Gasteiger partial charge in [-0.1, -0.05) is 28.8 Å². The van der Waals surface area contributed by atoms with Crippen molar-refractivity contribution in [1.29, 1.82) is 0 Å². The van der Waals surface area contributed by atoms with Gasteiger partial charge < -0.3 is 14.8 Å². The maximum atomic E-state index is 5.56. The Labute approximate surface area is 117 Å². The van der Waals surface area contributed by atoms with E-state index in [1.807, 2.05) is 12.1 Å². The highest BCUT2D eigenvalue weighted by Gasteiger charge is 2.24. The molecule has 4 heteroatoms. The monoisotopic (exact) mass is 313 g/mol. The molecule has 1 aromatic carbocycles. The van der Waals surface area contributed by atoms with Gasteiger partial charge in [-0.2, -0.15) is 0 Å². The van der Waals surface area contributed by atoms with Crippen molar-refractivity contribution < 1.29 is 9.47 Å². The Balaban J connectivity index is 2.09. The number of anilines is 1. The van der Waals surface area contributed by atoms with Crippen LogP contribution in [0.3, 0.4) is 0 Å². The van der Waals surface area contributed by atoms with E-state index >= 15 is 0 Å². The quantitative estimate of drug-likeness (QED) is 0.916. The second kappa shape index (κ2) is 6.43. The highest BCUT2D eigenvalue weighted by Crippen LogP contribution is 2.28. The molecule has 0 bridgehead atoms. The van der Waals surface area contributed by atoms with E-state index in [9.17, 15) is 0 Å². The van der Waals surface area contributed by atoms with E-state index in [0.717, 1.165) is 28.8 Å². The predicted octanol–water partition coefficient (Wildman–Crippen LogP) is 3.83. The van der Waals surface area contributed by atoms with E-state index in [4.69, 9.17) is 9.47 Å². The summed E-state index contributed by atoms with van der Waals surface area (Å²) in [5.74, 6) is 0.858. The van der Waals surface area contributed by atoms with Crippen molar-refractivity contribution >= 4 is 21.6 Å². The van der Waals surface area contributed by atoms with Crippen molar-refractivity contribution in [3.05, 3.63) is 22.7 Å². The summed E-state index contributed by atoms with van der Waals surface area (Å²) in [5, 5.41) is 3.56. The van der Waals surface area contributed by atoms with Crippen LogP contribution in [0.5, 0.6) is 5.75 Å². The zero-order chi connectivity index (χ0) is 13.0. The van der Waals surface area contributed by atoms with Crippen LogP contribution >= 0.6 is 15.9 Å². The molecule has 3 nitrogen and oxygen atoms in total. The van der Waals surface area contributed by atoms with E-state index in [-0.39, 0.29) is 0 Å². The van der Waals surface area contributed by atoms with Gasteiger partial charge in [0.25, 0.3) is 0 Å². The van der Waals surface area contributed by atoms with Crippen molar-refractivity contribution in [2.75, 3.05) is 19.5 Å². The van der Waals surface area contributed by atoms with Crippen molar-refractivity contribution in [2.45, 2.75) is 37.8 Å². The molecule has 1 fully saturated rings. The normalized spacial score (nSPS) is 23.7. The highest BCUT2D eigenvalue weighted by molar-refractivity contribution is 9.10. The fraction of sp³-hybridized carbons (Fsp3) is 0.571. The molecule has 0 aliphatic heterocycles.